The van der Waals surface area contributed by atoms with Crippen LogP contribution in [-0.4, -0.2) is 25.6 Å². The Morgan fingerprint density at radius 1 is 1.36 bits per heavy atom. The van der Waals surface area contributed by atoms with Crippen molar-refractivity contribution in [2.45, 2.75) is 19.3 Å². The molecule has 0 amide bonds. The lowest BCUT2D eigenvalue weighted by Crippen LogP contribution is -2.21. The molecule has 0 bridgehead atoms. The minimum Gasteiger partial charge on any atom is -0.381 e. The van der Waals surface area contributed by atoms with Gasteiger partial charge in [0.25, 0.3) is 0 Å². The van der Waals surface area contributed by atoms with Crippen molar-refractivity contribution >= 4 is 12.6 Å². The van der Waals surface area contributed by atoms with E-state index in [2.05, 4.69) is 17.9 Å². The Labute approximate surface area is 74.1 Å². The highest BCUT2D eigenvalue weighted by Gasteiger charge is 2.12. The van der Waals surface area contributed by atoms with Gasteiger partial charge in [0.05, 0.1) is 0 Å². The highest BCUT2D eigenvalue weighted by Crippen LogP contribution is 2.17. The van der Waals surface area contributed by atoms with E-state index >= 15 is 0 Å². The first-order chi connectivity index (χ1) is 5.43. The molecular weight excluding hydrogens is 158 g/mol. The number of ether oxygens (including phenoxy) is 1. The molecule has 1 rings (SSSR count). The molecule has 0 atom stereocenters. The Balaban J connectivity index is 1.96. The third kappa shape index (κ3) is 3.99. The second kappa shape index (κ2) is 5.86. The maximum atomic E-state index is 5.27. The second-order valence-electron chi connectivity index (χ2n) is 3.00. The number of rotatable bonds is 4. The molecule has 11 heavy (non-hydrogen) atoms. The Hall–Kier alpha value is 0.270. The summed E-state index contributed by atoms with van der Waals surface area (Å²) in [6.45, 7) is 3.03. The Kier molecular flexibility index (Phi) is 4.99. The molecule has 1 saturated heterocycles. The molecule has 2 nitrogen and oxygen atoms in total. The van der Waals surface area contributed by atoms with Gasteiger partial charge < -0.3 is 10.1 Å². The largest absolute Gasteiger partial charge is 0.381 e. The fourth-order valence-electron chi connectivity index (χ4n) is 1.42. The molecule has 1 N–H and O–H groups in total. The molecule has 66 valence electrons. The molecule has 0 saturated carbocycles. The fraction of sp³-hybridized carbons (Fsp3) is 1.00. The van der Waals surface area contributed by atoms with Crippen LogP contribution >= 0.6 is 12.6 Å². The van der Waals surface area contributed by atoms with Crippen LogP contribution in [0.3, 0.4) is 0 Å². The van der Waals surface area contributed by atoms with E-state index in [0.717, 1.165) is 31.6 Å². The summed E-state index contributed by atoms with van der Waals surface area (Å²) in [7, 11) is 0. The van der Waals surface area contributed by atoms with Gasteiger partial charge >= 0.3 is 0 Å². The SMILES string of the molecule is SCNCCC1CCOCC1. The molecular formula is C8H17NOS. The average Bonchev–Trinajstić information content (AvgIpc) is 2.07. The van der Waals surface area contributed by atoms with Crippen molar-refractivity contribution in [3.8, 4) is 0 Å². The summed E-state index contributed by atoms with van der Waals surface area (Å²) in [4.78, 5) is 0. The molecule has 1 fully saturated rings. The maximum Gasteiger partial charge on any atom is 0.0468 e. The molecule has 1 aliphatic rings. The summed E-state index contributed by atoms with van der Waals surface area (Å²) >= 11 is 4.08. The lowest BCUT2D eigenvalue weighted by atomic mass is 9.97. The smallest absolute Gasteiger partial charge is 0.0468 e. The van der Waals surface area contributed by atoms with Crippen molar-refractivity contribution in [1.82, 2.24) is 5.32 Å². The van der Waals surface area contributed by atoms with E-state index in [9.17, 15) is 0 Å². The molecule has 0 aliphatic carbocycles. The lowest BCUT2D eigenvalue weighted by molar-refractivity contribution is 0.0641. The third-order valence-electron chi connectivity index (χ3n) is 2.18. The monoisotopic (exact) mass is 175 g/mol. The fourth-order valence-corrected chi connectivity index (χ4v) is 1.58. The van der Waals surface area contributed by atoms with Gasteiger partial charge in [-0.05, 0) is 31.7 Å². The van der Waals surface area contributed by atoms with Gasteiger partial charge in [0.1, 0.15) is 0 Å². The van der Waals surface area contributed by atoms with E-state index in [-0.39, 0.29) is 0 Å². The summed E-state index contributed by atoms with van der Waals surface area (Å²) in [6.07, 6.45) is 3.77. The van der Waals surface area contributed by atoms with Crippen molar-refractivity contribution in [3.63, 3.8) is 0 Å². The second-order valence-corrected chi connectivity index (χ2v) is 3.32. The molecule has 1 heterocycles. The van der Waals surface area contributed by atoms with E-state index < -0.39 is 0 Å². The summed E-state index contributed by atoms with van der Waals surface area (Å²) < 4.78 is 5.27. The van der Waals surface area contributed by atoms with Crippen molar-refractivity contribution in [2.75, 3.05) is 25.6 Å². The molecule has 3 heteroatoms. The summed E-state index contributed by atoms with van der Waals surface area (Å²) in [6, 6.07) is 0. The van der Waals surface area contributed by atoms with Gasteiger partial charge in [-0.3, -0.25) is 0 Å². The van der Waals surface area contributed by atoms with Crippen LogP contribution in [0.5, 0.6) is 0 Å². The van der Waals surface area contributed by atoms with Crippen LogP contribution in [0.25, 0.3) is 0 Å². The normalized spacial score (nSPS) is 20.5. The topological polar surface area (TPSA) is 21.3 Å². The molecule has 1 aliphatic heterocycles. The van der Waals surface area contributed by atoms with Crippen LogP contribution in [0.4, 0.5) is 0 Å². The van der Waals surface area contributed by atoms with Crippen LogP contribution in [0.15, 0.2) is 0 Å². The van der Waals surface area contributed by atoms with Crippen LogP contribution in [0, 0.1) is 5.92 Å². The van der Waals surface area contributed by atoms with Crippen LogP contribution in [0.2, 0.25) is 0 Å². The molecule has 0 radical (unpaired) electrons. The zero-order chi connectivity index (χ0) is 7.94. The minimum absolute atomic E-state index is 0.795. The third-order valence-corrected chi connectivity index (χ3v) is 2.41. The van der Waals surface area contributed by atoms with Gasteiger partial charge in [-0.25, -0.2) is 0 Å². The first kappa shape index (κ1) is 9.36. The van der Waals surface area contributed by atoms with E-state index in [1.165, 1.54) is 19.3 Å². The standard InChI is InChI=1S/C8H17NOS/c11-7-9-4-1-8-2-5-10-6-3-8/h8-9,11H,1-7H2. The minimum atomic E-state index is 0.795. The van der Waals surface area contributed by atoms with E-state index in [1.807, 2.05) is 0 Å². The van der Waals surface area contributed by atoms with Crippen molar-refractivity contribution in [2.24, 2.45) is 5.92 Å². The van der Waals surface area contributed by atoms with Crippen molar-refractivity contribution in [3.05, 3.63) is 0 Å². The predicted octanol–water partition coefficient (Wildman–Crippen LogP) is 1.28. The predicted molar refractivity (Wildman–Crippen MR) is 50.0 cm³/mol. The van der Waals surface area contributed by atoms with Crippen LogP contribution in [0.1, 0.15) is 19.3 Å². The number of thiol groups is 1. The van der Waals surface area contributed by atoms with Gasteiger partial charge in [0.2, 0.25) is 0 Å². The first-order valence-electron chi connectivity index (χ1n) is 4.33. The van der Waals surface area contributed by atoms with Gasteiger partial charge in [0, 0.05) is 19.1 Å². The van der Waals surface area contributed by atoms with Gasteiger partial charge in [-0.1, -0.05) is 0 Å². The lowest BCUT2D eigenvalue weighted by Gasteiger charge is -2.21. The molecule has 0 aromatic carbocycles. The Bertz CT molecular complexity index is 94.1. The number of hydrogen-bond donors (Lipinski definition) is 2. The van der Waals surface area contributed by atoms with Crippen molar-refractivity contribution < 1.29 is 4.74 Å². The molecule has 0 aromatic rings. The van der Waals surface area contributed by atoms with E-state index in [0.29, 0.717) is 0 Å². The molecule has 0 aromatic heterocycles. The highest BCUT2D eigenvalue weighted by atomic mass is 32.1. The Morgan fingerprint density at radius 3 is 2.73 bits per heavy atom. The number of hydrogen-bond acceptors (Lipinski definition) is 3. The van der Waals surface area contributed by atoms with Gasteiger partial charge in [-0.15, -0.1) is 0 Å². The summed E-state index contributed by atoms with van der Waals surface area (Å²) in [5, 5.41) is 3.22. The Morgan fingerprint density at radius 2 is 2.09 bits per heavy atom. The van der Waals surface area contributed by atoms with Gasteiger partial charge in [0.15, 0.2) is 0 Å². The van der Waals surface area contributed by atoms with Gasteiger partial charge in [-0.2, -0.15) is 12.6 Å². The zero-order valence-corrected chi connectivity index (χ0v) is 7.78. The highest BCUT2D eigenvalue weighted by molar-refractivity contribution is 7.80. The quantitative estimate of drug-likeness (QED) is 0.381. The van der Waals surface area contributed by atoms with Crippen molar-refractivity contribution in [1.29, 1.82) is 0 Å². The zero-order valence-electron chi connectivity index (χ0n) is 6.88. The first-order valence-corrected chi connectivity index (χ1v) is 4.96. The van der Waals surface area contributed by atoms with Crippen LogP contribution in [-0.2, 0) is 4.74 Å². The maximum absolute atomic E-state index is 5.27. The van der Waals surface area contributed by atoms with E-state index in [4.69, 9.17) is 4.74 Å². The van der Waals surface area contributed by atoms with Crippen LogP contribution < -0.4 is 5.32 Å². The molecule has 0 spiro atoms. The average molecular weight is 175 g/mol. The summed E-state index contributed by atoms with van der Waals surface area (Å²) in [5.41, 5.74) is 0. The molecule has 0 unspecified atom stereocenters. The summed E-state index contributed by atoms with van der Waals surface area (Å²) in [5.74, 6) is 1.68. The number of nitrogens with one attached hydrogen (secondary N) is 1. The van der Waals surface area contributed by atoms with E-state index in [1.54, 1.807) is 0 Å².